The van der Waals surface area contributed by atoms with Gasteiger partial charge in [0.15, 0.2) is 11.2 Å². The monoisotopic (exact) mass is 649 g/mol. The highest BCUT2D eigenvalue weighted by molar-refractivity contribution is 5.92. The van der Waals surface area contributed by atoms with Crippen molar-refractivity contribution in [1.29, 1.82) is 0 Å². The molecule has 2 aliphatic rings. The molecule has 0 bridgehead atoms. The first kappa shape index (κ1) is 36.0. The number of carbonyl (C=O) groups is 1. The van der Waals surface area contributed by atoms with Crippen molar-refractivity contribution in [3.63, 3.8) is 0 Å². The van der Waals surface area contributed by atoms with Crippen LogP contribution in [0.15, 0.2) is 51.6 Å². The van der Waals surface area contributed by atoms with E-state index >= 15 is 0 Å². The molecule has 0 radical (unpaired) electrons. The average molecular weight is 650 g/mol. The standard InChI is InChI=1S/C33H47NO12/c1-2-44-33-25(7-11-38-15-18-41-14-10-35)27(28-24-45-29-6-4-3-5-26(29)31(28)36)23-30(46-33)32(37)34-8-12-39-16-19-42-21-22-43-20-17-40-13-9-34/h3-6,23-25,27,33,35H,2,7-22H2,1H3/t25-,27+,33-/m0/s1. The van der Waals surface area contributed by atoms with E-state index in [1.165, 1.54) is 6.26 Å². The molecule has 2 aliphatic heterocycles. The molecule has 13 nitrogen and oxygen atoms in total. The minimum absolute atomic E-state index is 0.0553. The fraction of sp³-hybridized carbons (Fsp3) is 0.636. The molecule has 1 N–H and O–H groups in total. The normalized spacial score (nSPS) is 22.4. The van der Waals surface area contributed by atoms with Crippen molar-refractivity contribution < 1.29 is 52.2 Å². The molecule has 0 saturated carbocycles. The summed E-state index contributed by atoms with van der Waals surface area (Å²) in [7, 11) is 0. The average Bonchev–Trinajstić information content (AvgIpc) is 3.08. The van der Waals surface area contributed by atoms with Crippen LogP contribution in [0.2, 0.25) is 0 Å². The quantitative estimate of drug-likeness (QED) is 0.336. The van der Waals surface area contributed by atoms with Crippen LogP contribution in [0.4, 0.5) is 0 Å². The van der Waals surface area contributed by atoms with E-state index in [0.717, 1.165) is 0 Å². The number of aliphatic hydroxyl groups excluding tert-OH is 1. The molecule has 0 unspecified atom stereocenters. The van der Waals surface area contributed by atoms with Gasteiger partial charge in [-0.15, -0.1) is 0 Å². The summed E-state index contributed by atoms with van der Waals surface area (Å²) in [5, 5.41) is 9.36. The van der Waals surface area contributed by atoms with Crippen LogP contribution in [0.1, 0.15) is 24.8 Å². The highest BCUT2D eigenvalue weighted by Crippen LogP contribution is 2.38. The molecule has 1 saturated heterocycles. The molecule has 3 heterocycles. The van der Waals surface area contributed by atoms with Crippen molar-refractivity contribution in [3.8, 4) is 0 Å². The minimum atomic E-state index is -0.829. The Morgan fingerprint density at radius 3 is 2.17 bits per heavy atom. The summed E-state index contributed by atoms with van der Waals surface area (Å²) in [6.07, 6.45) is 2.81. The zero-order valence-corrected chi connectivity index (χ0v) is 26.6. The van der Waals surface area contributed by atoms with Crippen molar-refractivity contribution in [2.24, 2.45) is 5.92 Å². The summed E-state index contributed by atoms with van der Waals surface area (Å²) in [4.78, 5) is 29.4. The number of allylic oxidation sites excluding steroid dienone is 1. The smallest absolute Gasteiger partial charge is 0.288 e. The van der Waals surface area contributed by atoms with E-state index < -0.39 is 12.2 Å². The lowest BCUT2D eigenvalue weighted by Gasteiger charge is -2.37. The SMILES string of the molecule is CCO[C@H]1OC(C(=O)N2CCOCCOCCOCCOCC2)=C[C@@H](c2coc3ccccc3c2=O)[C@@H]1CCOCCOCCO. The van der Waals surface area contributed by atoms with Crippen LogP contribution in [0.25, 0.3) is 11.0 Å². The van der Waals surface area contributed by atoms with Crippen molar-refractivity contribution in [2.45, 2.75) is 25.6 Å². The molecule has 256 valence electrons. The molecule has 46 heavy (non-hydrogen) atoms. The van der Waals surface area contributed by atoms with Gasteiger partial charge in [-0.2, -0.15) is 0 Å². The first-order chi connectivity index (χ1) is 22.6. The number of fused-ring (bicyclic) bond motifs is 1. The van der Waals surface area contributed by atoms with Gasteiger partial charge in [0.25, 0.3) is 5.91 Å². The third-order valence-electron chi connectivity index (χ3n) is 7.61. The lowest BCUT2D eigenvalue weighted by atomic mass is 9.81. The molecule has 13 heteroatoms. The number of carbonyl (C=O) groups excluding carboxylic acids is 1. The van der Waals surface area contributed by atoms with Gasteiger partial charge in [0.2, 0.25) is 6.29 Å². The number of hydrogen-bond acceptors (Lipinski definition) is 12. The predicted molar refractivity (Wildman–Crippen MR) is 166 cm³/mol. The molecule has 1 aromatic heterocycles. The van der Waals surface area contributed by atoms with Gasteiger partial charge in [-0.3, -0.25) is 9.59 Å². The van der Waals surface area contributed by atoms with Crippen molar-refractivity contribution in [2.75, 3.05) is 106 Å². The maximum atomic E-state index is 14.0. The van der Waals surface area contributed by atoms with Gasteiger partial charge in [0.1, 0.15) is 5.58 Å². The van der Waals surface area contributed by atoms with Crippen LogP contribution in [0.3, 0.4) is 0 Å². The van der Waals surface area contributed by atoms with Crippen LogP contribution in [-0.2, 0) is 42.7 Å². The number of ether oxygens (including phenoxy) is 8. The highest BCUT2D eigenvalue weighted by Gasteiger charge is 2.40. The summed E-state index contributed by atoms with van der Waals surface area (Å²) in [6.45, 7) is 7.16. The number of para-hydroxylation sites is 1. The highest BCUT2D eigenvalue weighted by atomic mass is 16.7. The summed E-state index contributed by atoms with van der Waals surface area (Å²) in [5.41, 5.74) is 0.692. The molecule has 1 amide bonds. The zero-order chi connectivity index (χ0) is 32.4. The first-order valence-electron chi connectivity index (χ1n) is 16.0. The number of benzene rings is 1. The Labute approximate surface area is 269 Å². The lowest BCUT2D eigenvalue weighted by Crippen LogP contribution is -2.43. The molecule has 0 spiro atoms. The summed E-state index contributed by atoms with van der Waals surface area (Å²) in [5.74, 6) is -1.21. The maximum Gasteiger partial charge on any atom is 0.288 e. The molecule has 2 aromatic rings. The molecule has 1 aromatic carbocycles. The Kier molecular flexibility index (Phi) is 15.9. The Morgan fingerprint density at radius 2 is 1.52 bits per heavy atom. The minimum Gasteiger partial charge on any atom is -0.464 e. The fourth-order valence-corrected chi connectivity index (χ4v) is 5.30. The van der Waals surface area contributed by atoms with Crippen molar-refractivity contribution in [3.05, 3.63) is 58.2 Å². The lowest BCUT2D eigenvalue weighted by molar-refractivity contribution is -0.172. The third-order valence-corrected chi connectivity index (χ3v) is 7.61. The molecule has 0 aliphatic carbocycles. The second-order valence-corrected chi connectivity index (χ2v) is 10.7. The largest absolute Gasteiger partial charge is 0.464 e. The molecule has 4 rings (SSSR count). The van der Waals surface area contributed by atoms with Crippen LogP contribution in [0.5, 0.6) is 0 Å². The molecular weight excluding hydrogens is 602 g/mol. The number of amides is 1. The predicted octanol–water partition coefficient (Wildman–Crippen LogP) is 2.09. The second-order valence-electron chi connectivity index (χ2n) is 10.7. The van der Waals surface area contributed by atoms with E-state index in [-0.39, 0.29) is 36.2 Å². The summed E-state index contributed by atoms with van der Waals surface area (Å²) in [6, 6.07) is 7.06. The van der Waals surface area contributed by atoms with E-state index in [2.05, 4.69) is 0 Å². The van der Waals surface area contributed by atoms with E-state index in [1.807, 2.05) is 6.92 Å². The van der Waals surface area contributed by atoms with E-state index in [1.54, 1.807) is 35.2 Å². The zero-order valence-electron chi connectivity index (χ0n) is 26.6. The Morgan fingerprint density at radius 1 is 0.891 bits per heavy atom. The topological polar surface area (TPSA) is 145 Å². The van der Waals surface area contributed by atoms with Crippen LogP contribution in [0, 0.1) is 5.92 Å². The summed E-state index contributed by atoms with van der Waals surface area (Å²) < 4.78 is 51.7. The number of aliphatic hydroxyl groups is 1. The molecular formula is C33H47NO12. The van der Waals surface area contributed by atoms with E-state index in [9.17, 15) is 9.59 Å². The second kappa shape index (κ2) is 20.4. The summed E-state index contributed by atoms with van der Waals surface area (Å²) >= 11 is 0. The van der Waals surface area contributed by atoms with Gasteiger partial charge in [-0.05, 0) is 31.6 Å². The number of nitrogens with zero attached hydrogens (tertiary/aromatic N) is 1. The van der Waals surface area contributed by atoms with E-state index in [4.69, 9.17) is 47.4 Å². The molecule has 1 fully saturated rings. The van der Waals surface area contributed by atoms with Crippen LogP contribution >= 0.6 is 0 Å². The third kappa shape index (κ3) is 10.8. The first-order valence-corrected chi connectivity index (χ1v) is 16.0. The van der Waals surface area contributed by atoms with Gasteiger partial charge in [0.05, 0.1) is 90.9 Å². The van der Waals surface area contributed by atoms with Crippen molar-refractivity contribution in [1.82, 2.24) is 4.90 Å². The van der Waals surface area contributed by atoms with Gasteiger partial charge in [-0.1, -0.05) is 12.1 Å². The van der Waals surface area contributed by atoms with Crippen LogP contribution in [-0.4, -0.2) is 128 Å². The van der Waals surface area contributed by atoms with Crippen LogP contribution < -0.4 is 5.43 Å². The molecule has 3 atom stereocenters. The number of hydrogen-bond donors (Lipinski definition) is 1. The van der Waals surface area contributed by atoms with Gasteiger partial charge < -0.3 is 52.3 Å². The van der Waals surface area contributed by atoms with Crippen molar-refractivity contribution >= 4 is 16.9 Å². The maximum absolute atomic E-state index is 14.0. The Bertz CT molecular complexity index is 1250. The van der Waals surface area contributed by atoms with Gasteiger partial charge in [0, 0.05) is 43.7 Å². The van der Waals surface area contributed by atoms with E-state index in [0.29, 0.717) is 115 Å². The Balaban J connectivity index is 1.59. The van der Waals surface area contributed by atoms with Gasteiger partial charge >= 0.3 is 0 Å². The number of rotatable bonds is 12. The Hall–Kier alpha value is -2.88. The van der Waals surface area contributed by atoms with Gasteiger partial charge in [-0.25, -0.2) is 0 Å². The fourth-order valence-electron chi connectivity index (χ4n) is 5.30.